The Balaban J connectivity index is 2.09. The molecule has 0 atom stereocenters. The van der Waals surface area contributed by atoms with E-state index in [1.807, 2.05) is 36.4 Å². The highest BCUT2D eigenvalue weighted by atomic mass is 16.3. The molecule has 0 aromatic heterocycles. The van der Waals surface area contributed by atoms with Gasteiger partial charge in [-0.3, -0.25) is 0 Å². The van der Waals surface area contributed by atoms with Gasteiger partial charge in [0.1, 0.15) is 11.5 Å². The van der Waals surface area contributed by atoms with Gasteiger partial charge >= 0.3 is 0 Å². The monoisotopic (exact) mass is 438 g/mol. The Bertz CT molecular complexity index is 781. The van der Waals surface area contributed by atoms with E-state index in [0.29, 0.717) is 22.3 Å². The van der Waals surface area contributed by atoms with Gasteiger partial charge < -0.3 is 10.2 Å². The van der Waals surface area contributed by atoms with Gasteiger partial charge in [0, 0.05) is 17.0 Å². The van der Waals surface area contributed by atoms with E-state index in [2.05, 4.69) is 48.5 Å². The van der Waals surface area contributed by atoms with Gasteiger partial charge in [-0.05, 0) is 60.5 Å². The van der Waals surface area contributed by atoms with Crippen LogP contribution < -0.4 is 0 Å². The van der Waals surface area contributed by atoms with Crippen LogP contribution in [0.4, 0.5) is 0 Å². The number of unbranched alkanes of at least 4 members (excludes halogenated alkanes) is 2. The lowest BCUT2D eigenvalue weighted by Crippen LogP contribution is -2.05. The highest BCUT2D eigenvalue weighted by Crippen LogP contribution is 2.39. The lowest BCUT2D eigenvalue weighted by Gasteiger charge is -2.20. The van der Waals surface area contributed by atoms with Crippen LogP contribution in [0.15, 0.2) is 36.4 Å². The molecule has 0 fully saturated rings. The quantitative estimate of drug-likeness (QED) is 0.364. The van der Waals surface area contributed by atoms with E-state index in [9.17, 15) is 10.2 Å². The molecule has 2 aromatic rings. The predicted octanol–water partition coefficient (Wildman–Crippen LogP) is 8.77. The molecule has 32 heavy (non-hydrogen) atoms. The van der Waals surface area contributed by atoms with Crippen LogP contribution in [0.2, 0.25) is 0 Å². The van der Waals surface area contributed by atoms with Crippen molar-refractivity contribution in [1.29, 1.82) is 0 Å². The Morgan fingerprint density at radius 3 is 1.34 bits per heavy atom. The Labute approximate surface area is 197 Å². The SMILES string of the molecule is CC(c1cccc(CCCCC(C)(C)C)c1O)c1cccc(CCCCC(C)(C)C)c1O. The number of hydrogen-bond donors (Lipinski definition) is 2. The van der Waals surface area contributed by atoms with Crippen molar-refractivity contribution in [2.45, 2.75) is 106 Å². The van der Waals surface area contributed by atoms with Crippen molar-refractivity contribution >= 4 is 0 Å². The molecule has 0 aliphatic heterocycles. The molecule has 0 heterocycles. The first-order chi connectivity index (χ1) is 14.9. The Morgan fingerprint density at radius 1 is 0.625 bits per heavy atom. The number of aryl methyl sites for hydroxylation is 2. The highest BCUT2D eigenvalue weighted by molar-refractivity contribution is 5.51. The molecule has 0 bridgehead atoms. The molecule has 0 spiro atoms. The molecule has 0 unspecified atom stereocenters. The fraction of sp³-hybridized carbons (Fsp3) is 0.600. The van der Waals surface area contributed by atoms with Crippen molar-refractivity contribution in [3.05, 3.63) is 58.7 Å². The summed E-state index contributed by atoms with van der Waals surface area (Å²) in [5, 5.41) is 22.0. The first-order valence-electron chi connectivity index (χ1n) is 12.5. The highest BCUT2D eigenvalue weighted by Gasteiger charge is 2.20. The maximum atomic E-state index is 11.0. The zero-order valence-electron chi connectivity index (χ0n) is 21.6. The molecular weight excluding hydrogens is 392 g/mol. The second-order valence-corrected chi connectivity index (χ2v) is 12.0. The van der Waals surface area contributed by atoms with E-state index in [-0.39, 0.29) is 5.92 Å². The van der Waals surface area contributed by atoms with Gasteiger partial charge in [0.25, 0.3) is 0 Å². The van der Waals surface area contributed by atoms with Crippen LogP contribution in [0.25, 0.3) is 0 Å². The summed E-state index contributed by atoms with van der Waals surface area (Å²) in [6.45, 7) is 15.7. The van der Waals surface area contributed by atoms with Gasteiger partial charge in [0.05, 0.1) is 0 Å². The average Bonchev–Trinajstić information content (AvgIpc) is 2.69. The van der Waals surface area contributed by atoms with Gasteiger partial charge in [0.2, 0.25) is 0 Å². The van der Waals surface area contributed by atoms with Crippen molar-refractivity contribution in [3.8, 4) is 11.5 Å². The van der Waals surface area contributed by atoms with Crippen LogP contribution >= 0.6 is 0 Å². The Morgan fingerprint density at radius 2 is 1.00 bits per heavy atom. The fourth-order valence-corrected chi connectivity index (χ4v) is 4.43. The van der Waals surface area contributed by atoms with Crippen LogP contribution in [0.5, 0.6) is 11.5 Å². The van der Waals surface area contributed by atoms with Gasteiger partial charge in [-0.25, -0.2) is 0 Å². The van der Waals surface area contributed by atoms with Crippen molar-refractivity contribution in [2.24, 2.45) is 10.8 Å². The molecular formula is C30H46O2. The summed E-state index contributed by atoms with van der Waals surface area (Å²) >= 11 is 0. The lowest BCUT2D eigenvalue weighted by molar-refractivity contribution is 0.359. The second-order valence-electron chi connectivity index (χ2n) is 12.0. The maximum Gasteiger partial charge on any atom is 0.122 e. The summed E-state index contributed by atoms with van der Waals surface area (Å²) in [5.41, 5.74) is 4.54. The molecule has 2 aromatic carbocycles. The van der Waals surface area contributed by atoms with Gasteiger partial charge in [0.15, 0.2) is 0 Å². The Hall–Kier alpha value is -1.96. The van der Waals surface area contributed by atoms with Crippen LogP contribution in [-0.4, -0.2) is 10.2 Å². The molecule has 0 saturated heterocycles. The smallest absolute Gasteiger partial charge is 0.122 e. The summed E-state index contributed by atoms with van der Waals surface area (Å²) in [6.07, 6.45) is 8.67. The minimum atomic E-state index is -0.0564. The topological polar surface area (TPSA) is 40.5 Å². The van der Waals surface area contributed by atoms with Crippen molar-refractivity contribution in [2.75, 3.05) is 0 Å². The van der Waals surface area contributed by atoms with Gasteiger partial charge in [-0.1, -0.05) is 97.7 Å². The number of phenols is 2. The number of phenolic OH excluding ortho intramolecular Hbond substituents is 2. The van der Waals surface area contributed by atoms with Crippen molar-refractivity contribution < 1.29 is 10.2 Å². The number of aromatic hydroxyl groups is 2. The number of rotatable bonds is 10. The molecule has 0 radical (unpaired) electrons. The first kappa shape index (κ1) is 26.3. The largest absolute Gasteiger partial charge is 0.507 e. The second kappa shape index (κ2) is 11.3. The number of benzene rings is 2. The standard InChI is InChI=1S/C30H46O2/c1-22(25-18-12-16-23(27(25)31)14-8-10-20-29(2,3)4)26-19-13-17-24(28(26)32)15-9-11-21-30(5,6)7/h12-13,16-19,22,31-32H,8-11,14-15,20-21H2,1-7H3. The third kappa shape index (κ3) is 8.19. The Kier molecular flexibility index (Phi) is 9.25. The van der Waals surface area contributed by atoms with E-state index in [1.54, 1.807) is 0 Å². The van der Waals surface area contributed by atoms with E-state index < -0.39 is 0 Å². The van der Waals surface area contributed by atoms with Crippen LogP contribution in [0.1, 0.15) is 115 Å². The van der Waals surface area contributed by atoms with E-state index in [1.165, 1.54) is 25.7 Å². The number of hydrogen-bond acceptors (Lipinski definition) is 2. The summed E-state index contributed by atoms with van der Waals surface area (Å²) in [5.74, 6) is 0.732. The third-order valence-electron chi connectivity index (χ3n) is 6.48. The third-order valence-corrected chi connectivity index (χ3v) is 6.48. The number of para-hydroxylation sites is 2. The maximum absolute atomic E-state index is 11.0. The zero-order chi connectivity index (χ0) is 23.9. The van der Waals surface area contributed by atoms with E-state index in [0.717, 1.165) is 47.9 Å². The summed E-state index contributed by atoms with van der Waals surface area (Å²) in [6, 6.07) is 12.1. The van der Waals surface area contributed by atoms with Crippen molar-refractivity contribution in [3.63, 3.8) is 0 Å². The predicted molar refractivity (Wildman–Crippen MR) is 138 cm³/mol. The molecule has 2 nitrogen and oxygen atoms in total. The van der Waals surface area contributed by atoms with E-state index >= 15 is 0 Å². The molecule has 0 aliphatic rings. The molecule has 178 valence electrons. The molecule has 0 amide bonds. The molecule has 2 rings (SSSR count). The summed E-state index contributed by atoms with van der Waals surface area (Å²) < 4.78 is 0. The van der Waals surface area contributed by atoms with Crippen LogP contribution in [0.3, 0.4) is 0 Å². The first-order valence-corrected chi connectivity index (χ1v) is 12.5. The lowest BCUT2D eigenvalue weighted by atomic mass is 9.86. The average molecular weight is 439 g/mol. The normalized spacial score (nSPS) is 12.5. The van der Waals surface area contributed by atoms with E-state index in [4.69, 9.17) is 0 Å². The molecule has 0 saturated carbocycles. The molecule has 2 N–H and O–H groups in total. The fourth-order valence-electron chi connectivity index (χ4n) is 4.43. The molecule has 0 aliphatic carbocycles. The minimum Gasteiger partial charge on any atom is -0.507 e. The van der Waals surface area contributed by atoms with Crippen LogP contribution in [0, 0.1) is 10.8 Å². The van der Waals surface area contributed by atoms with Crippen LogP contribution in [-0.2, 0) is 12.8 Å². The van der Waals surface area contributed by atoms with Gasteiger partial charge in [-0.15, -0.1) is 0 Å². The minimum absolute atomic E-state index is 0.0564. The molecule has 2 heteroatoms. The zero-order valence-corrected chi connectivity index (χ0v) is 21.6. The van der Waals surface area contributed by atoms with Gasteiger partial charge in [-0.2, -0.15) is 0 Å². The van der Waals surface area contributed by atoms with Crippen molar-refractivity contribution in [1.82, 2.24) is 0 Å². The summed E-state index contributed by atoms with van der Waals surface area (Å²) in [4.78, 5) is 0. The summed E-state index contributed by atoms with van der Waals surface area (Å²) in [7, 11) is 0.